The molecular formula is C6H9NO4. The maximum atomic E-state index is 10.9. The summed E-state index contributed by atoms with van der Waals surface area (Å²) in [5.41, 5.74) is 0. The molecule has 5 nitrogen and oxygen atoms in total. The molecule has 0 aromatic carbocycles. The van der Waals surface area contributed by atoms with E-state index in [1.165, 1.54) is 0 Å². The molecule has 62 valence electrons. The van der Waals surface area contributed by atoms with Crippen molar-refractivity contribution in [2.24, 2.45) is 0 Å². The number of hydrogen-bond donors (Lipinski definition) is 2. The lowest BCUT2D eigenvalue weighted by atomic mass is 10.2. The molecule has 0 aromatic heterocycles. The quantitative estimate of drug-likeness (QED) is 0.409. The fourth-order valence-corrected chi connectivity index (χ4v) is 1.31. The summed E-state index contributed by atoms with van der Waals surface area (Å²) in [7, 11) is 0. The molecule has 0 bridgehead atoms. The van der Waals surface area contributed by atoms with Gasteiger partial charge in [-0.1, -0.05) is 0 Å². The van der Waals surface area contributed by atoms with Gasteiger partial charge in [0.2, 0.25) is 0 Å². The predicted octanol–water partition coefficient (Wildman–Crippen LogP) is -1.78. The van der Waals surface area contributed by atoms with Crippen molar-refractivity contribution in [1.82, 2.24) is 5.32 Å². The highest BCUT2D eigenvalue weighted by Gasteiger charge is 2.41. The number of carbonyl (C=O) groups is 1. The highest BCUT2D eigenvalue weighted by Crippen LogP contribution is 2.16. The van der Waals surface area contributed by atoms with Gasteiger partial charge < -0.3 is 14.6 Å². The Bertz CT molecular complexity index is 183. The Balaban J connectivity index is 2.06. The van der Waals surface area contributed by atoms with Crippen molar-refractivity contribution in [2.75, 3.05) is 13.2 Å². The molecule has 2 heterocycles. The lowest BCUT2D eigenvalue weighted by Gasteiger charge is -2.26. The van der Waals surface area contributed by atoms with Crippen LogP contribution in [-0.4, -0.2) is 42.7 Å². The van der Waals surface area contributed by atoms with Gasteiger partial charge in [-0.2, -0.15) is 0 Å². The van der Waals surface area contributed by atoms with Crippen molar-refractivity contribution in [3.05, 3.63) is 0 Å². The van der Waals surface area contributed by atoms with Crippen molar-refractivity contribution in [1.29, 1.82) is 0 Å². The zero-order chi connectivity index (χ0) is 7.84. The Hall–Kier alpha value is -0.650. The van der Waals surface area contributed by atoms with Crippen LogP contribution in [0, 0.1) is 0 Å². The molecule has 5 heteroatoms. The number of rotatable bonds is 0. The molecule has 0 aromatic rings. The maximum Gasteiger partial charge on any atom is 0.326 e. The van der Waals surface area contributed by atoms with Crippen molar-refractivity contribution in [3.8, 4) is 0 Å². The van der Waals surface area contributed by atoms with Crippen molar-refractivity contribution >= 4 is 5.97 Å². The van der Waals surface area contributed by atoms with Crippen LogP contribution in [0.15, 0.2) is 0 Å². The molecule has 3 atom stereocenters. The Morgan fingerprint density at radius 2 is 2.45 bits per heavy atom. The van der Waals surface area contributed by atoms with E-state index in [9.17, 15) is 4.79 Å². The third-order valence-electron chi connectivity index (χ3n) is 1.86. The summed E-state index contributed by atoms with van der Waals surface area (Å²) in [4.78, 5) is 10.9. The Kier molecular flexibility index (Phi) is 1.56. The van der Waals surface area contributed by atoms with Gasteiger partial charge in [-0.25, -0.2) is 0 Å². The molecule has 1 unspecified atom stereocenters. The van der Waals surface area contributed by atoms with Gasteiger partial charge in [-0.05, 0) is 0 Å². The minimum Gasteiger partial charge on any atom is -0.462 e. The minimum atomic E-state index is -0.814. The highest BCUT2D eigenvalue weighted by atomic mass is 16.6. The average Bonchev–Trinajstić information content (AvgIpc) is 2.32. The van der Waals surface area contributed by atoms with Crippen molar-refractivity contribution in [2.45, 2.75) is 18.4 Å². The predicted molar refractivity (Wildman–Crippen MR) is 33.6 cm³/mol. The molecular weight excluding hydrogens is 150 g/mol. The fourth-order valence-electron chi connectivity index (χ4n) is 1.31. The first-order valence-corrected chi connectivity index (χ1v) is 3.51. The number of carbonyl (C=O) groups excluding carboxylic acids is 1. The lowest BCUT2D eigenvalue weighted by Crippen LogP contribution is -2.53. The van der Waals surface area contributed by atoms with Crippen molar-refractivity contribution < 1.29 is 19.4 Å². The minimum absolute atomic E-state index is 0.244. The van der Waals surface area contributed by atoms with Crippen LogP contribution in [0.5, 0.6) is 0 Å². The summed E-state index contributed by atoms with van der Waals surface area (Å²) in [5.74, 6) is -0.290. The number of aliphatic hydroxyl groups excluding tert-OH is 1. The van der Waals surface area contributed by atoms with Crippen LogP contribution in [0.4, 0.5) is 0 Å². The number of esters is 1. The largest absolute Gasteiger partial charge is 0.462 e. The number of nitrogens with one attached hydrogen (secondary N) is 1. The van der Waals surface area contributed by atoms with Gasteiger partial charge in [0, 0.05) is 6.54 Å². The van der Waals surface area contributed by atoms with Crippen LogP contribution >= 0.6 is 0 Å². The molecule has 11 heavy (non-hydrogen) atoms. The first kappa shape index (κ1) is 7.02. The van der Waals surface area contributed by atoms with E-state index in [0.29, 0.717) is 0 Å². The Morgan fingerprint density at radius 3 is 3.27 bits per heavy atom. The topological polar surface area (TPSA) is 67.8 Å². The monoisotopic (exact) mass is 159 g/mol. The van der Waals surface area contributed by atoms with Gasteiger partial charge in [0.15, 0.2) is 6.29 Å². The SMILES string of the molecule is O=C1OCC2O[C@H](O)CN[C@@H]12. The summed E-state index contributed by atoms with van der Waals surface area (Å²) in [5, 5.41) is 11.8. The molecule has 2 aliphatic rings. The molecule has 0 spiro atoms. The van der Waals surface area contributed by atoms with Gasteiger partial charge in [0.05, 0.1) is 0 Å². The van der Waals surface area contributed by atoms with Crippen LogP contribution in [0.2, 0.25) is 0 Å². The summed E-state index contributed by atoms with van der Waals surface area (Å²) < 4.78 is 9.74. The Labute approximate surface area is 63.3 Å². The van der Waals surface area contributed by atoms with Crippen LogP contribution in [0.1, 0.15) is 0 Å². The lowest BCUT2D eigenvalue weighted by molar-refractivity contribution is -0.159. The van der Waals surface area contributed by atoms with E-state index in [1.807, 2.05) is 0 Å². The second-order valence-electron chi connectivity index (χ2n) is 2.65. The zero-order valence-corrected chi connectivity index (χ0v) is 5.82. The molecule has 0 radical (unpaired) electrons. The molecule has 0 saturated carbocycles. The number of β-amino-alcohol motifs (C(OH)–C–C–N with tert-alkyl or cyclic N) is 1. The number of aliphatic hydroxyl groups is 1. The molecule has 2 rings (SSSR count). The Morgan fingerprint density at radius 1 is 1.64 bits per heavy atom. The van der Waals surface area contributed by atoms with E-state index in [1.54, 1.807) is 0 Å². The number of ether oxygens (including phenoxy) is 2. The van der Waals surface area contributed by atoms with E-state index >= 15 is 0 Å². The van der Waals surface area contributed by atoms with Crippen LogP contribution in [0.3, 0.4) is 0 Å². The zero-order valence-electron chi connectivity index (χ0n) is 5.82. The van der Waals surface area contributed by atoms with E-state index in [4.69, 9.17) is 14.6 Å². The van der Waals surface area contributed by atoms with E-state index < -0.39 is 6.29 Å². The molecule has 2 N–H and O–H groups in total. The molecule has 2 saturated heterocycles. The van der Waals surface area contributed by atoms with Crippen LogP contribution in [-0.2, 0) is 14.3 Å². The van der Waals surface area contributed by atoms with Gasteiger partial charge in [0.1, 0.15) is 18.8 Å². The number of hydrogen-bond acceptors (Lipinski definition) is 5. The molecule has 0 aliphatic carbocycles. The normalized spacial score (nSPS) is 43.4. The molecule has 0 amide bonds. The van der Waals surface area contributed by atoms with Crippen LogP contribution < -0.4 is 5.32 Å². The molecule has 2 aliphatic heterocycles. The number of cyclic esters (lactones) is 1. The second kappa shape index (κ2) is 2.44. The summed E-state index contributed by atoms with van der Waals surface area (Å²) in [6.07, 6.45) is -1.13. The highest BCUT2D eigenvalue weighted by molar-refractivity contribution is 5.78. The fraction of sp³-hybridized carbons (Fsp3) is 0.833. The molecule has 2 fully saturated rings. The first-order chi connectivity index (χ1) is 5.27. The van der Waals surface area contributed by atoms with Gasteiger partial charge in [-0.15, -0.1) is 0 Å². The summed E-state index contributed by atoms with van der Waals surface area (Å²) in [6.45, 7) is 0.532. The third-order valence-corrected chi connectivity index (χ3v) is 1.86. The van der Waals surface area contributed by atoms with Crippen molar-refractivity contribution in [3.63, 3.8) is 0 Å². The van der Waals surface area contributed by atoms with Crippen LogP contribution in [0.25, 0.3) is 0 Å². The summed E-state index contributed by atoms with van der Waals surface area (Å²) >= 11 is 0. The van der Waals surface area contributed by atoms with Gasteiger partial charge >= 0.3 is 5.97 Å². The number of morpholine rings is 1. The second-order valence-corrected chi connectivity index (χ2v) is 2.65. The number of fused-ring (bicyclic) bond motifs is 1. The van der Waals surface area contributed by atoms with E-state index in [2.05, 4.69) is 5.32 Å². The van der Waals surface area contributed by atoms with Gasteiger partial charge in [-0.3, -0.25) is 10.1 Å². The van der Waals surface area contributed by atoms with Gasteiger partial charge in [0.25, 0.3) is 0 Å². The van der Waals surface area contributed by atoms with E-state index in [-0.39, 0.29) is 31.3 Å². The smallest absolute Gasteiger partial charge is 0.326 e. The van der Waals surface area contributed by atoms with E-state index in [0.717, 1.165) is 0 Å². The first-order valence-electron chi connectivity index (χ1n) is 3.51. The average molecular weight is 159 g/mol. The maximum absolute atomic E-state index is 10.9. The summed E-state index contributed by atoms with van der Waals surface area (Å²) in [6, 6.07) is -0.376. The standard InChI is InChI=1S/C6H9NO4/c8-4-1-7-5-3(11-4)2-10-6(5)9/h3-5,7-8H,1-2H2/t3?,4-,5+/m0/s1. The third kappa shape index (κ3) is 1.11.